The van der Waals surface area contributed by atoms with Crippen molar-refractivity contribution in [1.82, 2.24) is 4.98 Å². The largest absolute Gasteiger partial charge is 0.506 e. The predicted molar refractivity (Wildman–Crippen MR) is 56.5 cm³/mol. The molecule has 15 heavy (non-hydrogen) atoms. The maximum absolute atomic E-state index is 10.6. The second-order valence-electron chi connectivity index (χ2n) is 3.18. The lowest BCUT2D eigenvalue weighted by Gasteiger charge is -2.05. The molecule has 0 saturated carbocycles. The van der Waals surface area contributed by atoms with Crippen molar-refractivity contribution in [2.45, 2.75) is 13.8 Å². The lowest BCUT2D eigenvalue weighted by atomic mass is 10.1. The van der Waals surface area contributed by atoms with E-state index >= 15 is 0 Å². The number of aromatic nitrogens is 1. The van der Waals surface area contributed by atoms with Crippen molar-refractivity contribution in [2.24, 2.45) is 0 Å². The van der Waals surface area contributed by atoms with E-state index in [-0.39, 0.29) is 5.75 Å². The molecule has 1 aromatic heterocycles. The van der Waals surface area contributed by atoms with Crippen molar-refractivity contribution in [3.8, 4) is 5.75 Å². The van der Waals surface area contributed by atoms with Crippen LogP contribution in [-0.2, 0) is 4.57 Å². The van der Waals surface area contributed by atoms with E-state index in [0.717, 1.165) is 5.82 Å². The van der Waals surface area contributed by atoms with Crippen LogP contribution in [0.15, 0.2) is 12.0 Å². The van der Waals surface area contributed by atoms with Crippen LogP contribution in [0.4, 0.5) is 0 Å². The number of aryl methyl sites for hydroxylation is 1. The van der Waals surface area contributed by atoms with Gasteiger partial charge in [0.1, 0.15) is 5.75 Å². The van der Waals surface area contributed by atoms with E-state index in [1.165, 1.54) is 12.3 Å². The van der Waals surface area contributed by atoms with Gasteiger partial charge >= 0.3 is 7.60 Å². The molecule has 82 valence electrons. The lowest BCUT2D eigenvalue weighted by molar-refractivity contribution is 0.386. The van der Waals surface area contributed by atoms with E-state index in [0.29, 0.717) is 16.8 Å². The first kappa shape index (κ1) is 11.9. The molecule has 0 aliphatic heterocycles. The standard InChI is InChI=1S/C9H12NO4P/c1-6-8(3-4-15(12,13)14)5-10-7(2)9(6)11/h3-5,11H,1-2H3,(H2,12,13,14)/b4-3+. The van der Waals surface area contributed by atoms with Crippen LogP contribution >= 0.6 is 7.60 Å². The molecule has 3 N–H and O–H groups in total. The molecule has 0 radical (unpaired) electrons. The molecule has 1 rings (SSSR count). The van der Waals surface area contributed by atoms with Crippen LogP contribution in [0.25, 0.3) is 6.08 Å². The maximum atomic E-state index is 10.6. The van der Waals surface area contributed by atoms with Crippen LogP contribution in [0, 0.1) is 13.8 Å². The predicted octanol–water partition coefficient (Wildman–Crippen LogP) is 1.55. The Kier molecular flexibility index (Phi) is 3.29. The van der Waals surface area contributed by atoms with Crippen molar-refractivity contribution < 1.29 is 19.5 Å². The minimum atomic E-state index is -4.17. The summed E-state index contributed by atoms with van der Waals surface area (Å²) >= 11 is 0. The first-order chi connectivity index (χ1) is 6.81. The number of rotatable bonds is 2. The van der Waals surface area contributed by atoms with Gasteiger partial charge in [-0.05, 0) is 25.5 Å². The summed E-state index contributed by atoms with van der Waals surface area (Å²) in [4.78, 5) is 21.2. The molecular weight excluding hydrogens is 217 g/mol. The van der Waals surface area contributed by atoms with E-state index in [1.54, 1.807) is 13.8 Å². The Hall–Kier alpha value is -1.16. The summed E-state index contributed by atoms with van der Waals surface area (Å²) in [5.41, 5.74) is 1.52. The number of aromatic hydroxyl groups is 1. The van der Waals surface area contributed by atoms with Crippen molar-refractivity contribution in [3.05, 3.63) is 28.8 Å². The van der Waals surface area contributed by atoms with Crippen LogP contribution < -0.4 is 0 Å². The summed E-state index contributed by atoms with van der Waals surface area (Å²) in [6.07, 6.45) is 2.71. The third-order valence-corrected chi connectivity index (χ3v) is 2.51. The molecule has 1 heterocycles. The molecule has 0 fully saturated rings. The highest BCUT2D eigenvalue weighted by Crippen LogP contribution is 2.37. The van der Waals surface area contributed by atoms with Crippen molar-refractivity contribution in [2.75, 3.05) is 0 Å². The van der Waals surface area contributed by atoms with Crippen molar-refractivity contribution >= 4 is 13.7 Å². The first-order valence-corrected chi connectivity index (χ1v) is 5.89. The van der Waals surface area contributed by atoms with Crippen LogP contribution in [0.2, 0.25) is 0 Å². The Morgan fingerprint density at radius 3 is 2.53 bits per heavy atom. The van der Waals surface area contributed by atoms with Gasteiger partial charge in [0.25, 0.3) is 0 Å². The van der Waals surface area contributed by atoms with Gasteiger partial charge < -0.3 is 14.9 Å². The van der Waals surface area contributed by atoms with Gasteiger partial charge in [0, 0.05) is 17.6 Å². The fourth-order valence-corrected chi connectivity index (χ4v) is 1.43. The Bertz CT molecular complexity index is 450. The summed E-state index contributed by atoms with van der Waals surface area (Å²) in [5.74, 6) is 0.828. The highest BCUT2D eigenvalue weighted by atomic mass is 31.2. The lowest BCUT2D eigenvalue weighted by Crippen LogP contribution is -1.89. The number of hydrogen-bond donors (Lipinski definition) is 3. The van der Waals surface area contributed by atoms with Gasteiger partial charge in [0.15, 0.2) is 0 Å². The Morgan fingerprint density at radius 1 is 1.40 bits per heavy atom. The molecule has 0 unspecified atom stereocenters. The molecule has 0 amide bonds. The molecule has 0 aromatic carbocycles. The fourth-order valence-electron chi connectivity index (χ4n) is 1.08. The molecule has 0 bridgehead atoms. The van der Waals surface area contributed by atoms with Crippen LogP contribution in [0.5, 0.6) is 5.75 Å². The molecule has 0 saturated heterocycles. The highest BCUT2D eigenvalue weighted by Gasteiger charge is 2.08. The minimum absolute atomic E-state index is 0.0443. The van der Waals surface area contributed by atoms with Gasteiger partial charge in [-0.2, -0.15) is 0 Å². The number of hydrogen-bond acceptors (Lipinski definition) is 3. The average Bonchev–Trinajstić information content (AvgIpc) is 2.12. The summed E-state index contributed by atoms with van der Waals surface area (Å²) in [6.45, 7) is 3.31. The Balaban J connectivity index is 3.13. The van der Waals surface area contributed by atoms with Crippen LogP contribution in [0.3, 0.4) is 0 Å². The second kappa shape index (κ2) is 4.14. The maximum Gasteiger partial charge on any atom is 0.349 e. The van der Waals surface area contributed by atoms with Crippen LogP contribution in [-0.4, -0.2) is 19.9 Å². The monoisotopic (exact) mass is 229 g/mol. The van der Waals surface area contributed by atoms with E-state index in [1.807, 2.05) is 0 Å². The second-order valence-corrected chi connectivity index (χ2v) is 4.65. The molecule has 0 spiro atoms. The summed E-state index contributed by atoms with van der Waals surface area (Å²) < 4.78 is 10.6. The average molecular weight is 229 g/mol. The molecular formula is C9H12NO4P. The fraction of sp³-hybridized carbons (Fsp3) is 0.222. The molecule has 0 atom stereocenters. The van der Waals surface area contributed by atoms with Gasteiger partial charge in [0.2, 0.25) is 0 Å². The van der Waals surface area contributed by atoms with Crippen molar-refractivity contribution in [3.63, 3.8) is 0 Å². The summed E-state index contributed by atoms with van der Waals surface area (Å²) in [6, 6.07) is 0. The molecule has 1 aromatic rings. The van der Waals surface area contributed by atoms with E-state index in [4.69, 9.17) is 9.79 Å². The first-order valence-electron chi connectivity index (χ1n) is 4.21. The molecule has 0 aliphatic carbocycles. The smallest absolute Gasteiger partial charge is 0.349 e. The van der Waals surface area contributed by atoms with Gasteiger partial charge in [-0.3, -0.25) is 9.55 Å². The summed E-state index contributed by atoms with van der Waals surface area (Å²) in [7, 11) is -4.17. The topological polar surface area (TPSA) is 90.7 Å². The van der Waals surface area contributed by atoms with E-state index in [2.05, 4.69) is 4.98 Å². The molecule has 0 aliphatic rings. The third-order valence-electron chi connectivity index (χ3n) is 1.98. The normalized spacial score (nSPS) is 12.3. The Morgan fingerprint density at radius 2 is 2.00 bits per heavy atom. The van der Waals surface area contributed by atoms with E-state index < -0.39 is 7.60 Å². The van der Waals surface area contributed by atoms with Gasteiger partial charge in [-0.1, -0.05) is 0 Å². The van der Waals surface area contributed by atoms with Gasteiger partial charge in [0.05, 0.1) is 5.69 Å². The third kappa shape index (κ3) is 3.16. The van der Waals surface area contributed by atoms with Gasteiger partial charge in [-0.15, -0.1) is 0 Å². The zero-order valence-corrected chi connectivity index (χ0v) is 9.27. The number of pyridine rings is 1. The van der Waals surface area contributed by atoms with Gasteiger partial charge in [-0.25, -0.2) is 0 Å². The highest BCUT2D eigenvalue weighted by molar-refractivity contribution is 7.55. The van der Waals surface area contributed by atoms with E-state index in [9.17, 15) is 9.67 Å². The molecule has 6 heteroatoms. The minimum Gasteiger partial charge on any atom is -0.506 e. The SMILES string of the molecule is Cc1ncc(/C=C/P(=O)(O)O)c(C)c1O. The summed E-state index contributed by atoms with van der Waals surface area (Å²) in [5, 5.41) is 9.53. The number of nitrogens with zero attached hydrogens (tertiary/aromatic N) is 1. The Labute approximate surface area is 87.3 Å². The quantitative estimate of drug-likeness (QED) is 0.669. The molecule has 5 nitrogen and oxygen atoms in total. The van der Waals surface area contributed by atoms with Crippen molar-refractivity contribution in [1.29, 1.82) is 0 Å². The zero-order chi connectivity index (χ0) is 11.6. The van der Waals surface area contributed by atoms with Crippen LogP contribution in [0.1, 0.15) is 16.8 Å². The zero-order valence-electron chi connectivity index (χ0n) is 8.38.